The molecule has 1 heterocycles. The van der Waals surface area contributed by atoms with Gasteiger partial charge < -0.3 is 9.80 Å². The molecule has 0 N–H and O–H groups in total. The monoisotopic (exact) mass is 270 g/mol. The van der Waals surface area contributed by atoms with E-state index in [2.05, 4.69) is 42.0 Å². The fourth-order valence-corrected chi connectivity index (χ4v) is 2.62. The second-order valence-corrected chi connectivity index (χ2v) is 5.76. The first-order valence-electron chi connectivity index (χ1n) is 6.98. The van der Waals surface area contributed by atoms with Crippen LogP contribution in [0.1, 0.15) is 23.6 Å². The Morgan fingerprint density at radius 3 is 2.55 bits per heavy atom. The van der Waals surface area contributed by atoms with E-state index in [-0.39, 0.29) is 17.9 Å². The Morgan fingerprint density at radius 2 is 2.05 bits per heavy atom. The van der Waals surface area contributed by atoms with Crippen molar-refractivity contribution >= 4 is 5.91 Å². The zero-order valence-corrected chi connectivity index (χ0v) is 12.5. The maximum Gasteiger partial charge on any atom is 0.223 e. The third-order valence-electron chi connectivity index (χ3n) is 3.93. The summed E-state index contributed by atoms with van der Waals surface area (Å²) in [5.74, 6) is 2.94. The quantitative estimate of drug-likeness (QED) is 0.782. The molecule has 106 valence electrons. The van der Waals surface area contributed by atoms with Crippen LogP contribution in [0.15, 0.2) is 24.3 Å². The van der Waals surface area contributed by atoms with Gasteiger partial charge in [0.1, 0.15) is 0 Å². The summed E-state index contributed by atoms with van der Waals surface area (Å²) in [5, 5.41) is 0. The van der Waals surface area contributed by atoms with Crippen molar-refractivity contribution in [2.24, 2.45) is 5.92 Å². The highest BCUT2D eigenvalue weighted by Gasteiger charge is 2.30. The molecule has 1 amide bonds. The first-order chi connectivity index (χ1) is 9.51. The number of aryl methyl sites for hydroxylation is 1. The van der Waals surface area contributed by atoms with Crippen LogP contribution >= 0.6 is 0 Å². The molecule has 1 aliphatic rings. The SMILES string of the molecule is C#CC1CC(=O)N(CC(c2ccc(C)cc2)N(C)C)C1. The standard InChI is InChI=1S/C17H22N2O/c1-5-14-10-17(20)19(11-14)12-16(18(3)4)15-8-6-13(2)7-9-15/h1,6-9,14,16H,10-12H2,2-4H3. The highest BCUT2D eigenvalue weighted by Crippen LogP contribution is 2.24. The second kappa shape index (κ2) is 6.11. The van der Waals surface area contributed by atoms with Crippen molar-refractivity contribution < 1.29 is 4.79 Å². The van der Waals surface area contributed by atoms with Crippen molar-refractivity contribution in [1.82, 2.24) is 9.80 Å². The fourth-order valence-electron chi connectivity index (χ4n) is 2.62. The molecular weight excluding hydrogens is 248 g/mol. The molecule has 0 bridgehead atoms. The predicted molar refractivity (Wildman–Crippen MR) is 81.1 cm³/mol. The lowest BCUT2D eigenvalue weighted by Crippen LogP contribution is -2.35. The van der Waals surface area contributed by atoms with Gasteiger partial charge in [0, 0.05) is 25.4 Å². The first kappa shape index (κ1) is 14.6. The number of rotatable bonds is 4. The number of likely N-dealkylation sites (N-methyl/N-ethyl adjacent to an activating group) is 1. The van der Waals surface area contributed by atoms with E-state index >= 15 is 0 Å². The molecular formula is C17H22N2O. The summed E-state index contributed by atoms with van der Waals surface area (Å²) in [4.78, 5) is 16.1. The summed E-state index contributed by atoms with van der Waals surface area (Å²) in [7, 11) is 4.09. The van der Waals surface area contributed by atoms with Crippen molar-refractivity contribution in [3.63, 3.8) is 0 Å². The van der Waals surface area contributed by atoms with Crippen molar-refractivity contribution in [2.75, 3.05) is 27.2 Å². The number of carbonyl (C=O) groups is 1. The second-order valence-electron chi connectivity index (χ2n) is 5.76. The number of carbonyl (C=O) groups excluding carboxylic acids is 1. The van der Waals surface area contributed by atoms with Crippen LogP contribution in [0, 0.1) is 25.2 Å². The summed E-state index contributed by atoms with van der Waals surface area (Å²) in [6.45, 7) is 3.47. The fraction of sp³-hybridized carbons (Fsp3) is 0.471. The third-order valence-corrected chi connectivity index (χ3v) is 3.93. The van der Waals surface area contributed by atoms with Gasteiger partial charge in [-0.3, -0.25) is 4.79 Å². The van der Waals surface area contributed by atoms with Gasteiger partial charge in [-0.05, 0) is 26.6 Å². The molecule has 2 atom stereocenters. The van der Waals surface area contributed by atoms with Gasteiger partial charge in [0.15, 0.2) is 0 Å². The van der Waals surface area contributed by atoms with E-state index in [0.717, 1.165) is 0 Å². The number of terminal acetylenes is 1. The number of likely N-dealkylation sites (tertiary alicyclic amines) is 1. The van der Waals surface area contributed by atoms with E-state index in [0.29, 0.717) is 19.5 Å². The average Bonchev–Trinajstić information content (AvgIpc) is 2.77. The molecule has 1 aromatic rings. The molecule has 0 radical (unpaired) electrons. The van der Waals surface area contributed by atoms with Gasteiger partial charge in [-0.15, -0.1) is 12.3 Å². The van der Waals surface area contributed by atoms with Gasteiger partial charge in [0.05, 0.1) is 6.04 Å². The Bertz CT molecular complexity index is 513. The van der Waals surface area contributed by atoms with Gasteiger partial charge in [-0.1, -0.05) is 29.8 Å². The molecule has 0 saturated carbocycles. The lowest BCUT2D eigenvalue weighted by Gasteiger charge is -2.29. The molecule has 2 rings (SSSR count). The third kappa shape index (κ3) is 3.20. The molecule has 2 unspecified atom stereocenters. The van der Waals surface area contributed by atoms with E-state index in [1.165, 1.54) is 11.1 Å². The minimum Gasteiger partial charge on any atom is -0.339 e. The van der Waals surface area contributed by atoms with E-state index in [4.69, 9.17) is 6.42 Å². The van der Waals surface area contributed by atoms with Crippen LogP contribution in [-0.2, 0) is 4.79 Å². The van der Waals surface area contributed by atoms with E-state index < -0.39 is 0 Å². The van der Waals surface area contributed by atoms with Crippen LogP contribution in [0.3, 0.4) is 0 Å². The van der Waals surface area contributed by atoms with Crippen LogP contribution in [0.2, 0.25) is 0 Å². The van der Waals surface area contributed by atoms with Crippen molar-refractivity contribution in [3.8, 4) is 12.3 Å². The number of amides is 1. The normalized spacial score (nSPS) is 20.2. The summed E-state index contributed by atoms with van der Waals surface area (Å²) >= 11 is 0. The van der Waals surface area contributed by atoms with Crippen LogP contribution in [0.5, 0.6) is 0 Å². The van der Waals surface area contributed by atoms with E-state index in [1.54, 1.807) is 0 Å². The van der Waals surface area contributed by atoms with Gasteiger partial charge in [0.25, 0.3) is 0 Å². The molecule has 3 nitrogen and oxygen atoms in total. The Balaban J connectivity index is 2.13. The molecule has 0 spiro atoms. The van der Waals surface area contributed by atoms with Crippen LogP contribution < -0.4 is 0 Å². The van der Waals surface area contributed by atoms with E-state index in [9.17, 15) is 4.79 Å². The van der Waals surface area contributed by atoms with Gasteiger partial charge in [-0.2, -0.15) is 0 Å². The molecule has 0 aliphatic carbocycles. The molecule has 20 heavy (non-hydrogen) atoms. The number of hydrogen-bond donors (Lipinski definition) is 0. The molecule has 0 aromatic heterocycles. The largest absolute Gasteiger partial charge is 0.339 e. The Kier molecular flexibility index (Phi) is 4.46. The lowest BCUT2D eigenvalue weighted by molar-refractivity contribution is -0.128. The number of nitrogens with zero attached hydrogens (tertiary/aromatic N) is 2. The Morgan fingerprint density at radius 1 is 1.40 bits per heavy atom. The molecule has 1 fully saturated rings. The topological polar surface area (TPSA) is 23.6 Å². The van der Waals surface area contributed by atoms with Gasteiger partial charge in [0.2, 0.25) is 5.91 Å². The van der Waals surface area contributed by atoms with Crippen molar-refractivity contribution in [2.45, 2.75) is 19.4 Å². The summed E-state index contributed by atoms with van der Waals surface area (Å²) in [6, 6.07) is 8.71. The van der Waals surface area contributed by atoms with Crippen molar-refractivity contribution in [3.05, 3.63) is 35.4 Å². The lowest BCUT2D eigenvalue weighted by atomic mass is 10.0. The summed E-state index contributed by atoms with van der Waals surface area (Å²) < 4.78 is 0. The zero-order valence-electron chi connectivity index (χ0n) is 12.5. The van der Waals surface area contributed by atoms with Gasteiger partial charge >= 0.3 is 0 Å². The molecule has 1 saturated heterocycles. The zero-order chi connectivity index (χ0) is 14.7. The summed E-state index contributed by atoms with van der Waals surface area (Å²) in [5.41, 5.74) is 2.48. The molecule has 1 aliphatic heterocycles. The minimum absolute atomic E-state index is 0.0725. The number of hydrogen-bond acceptors (Lipinski definition) is 2. The van der Waals surface area contributed by atoms with Crippen LogP contribution in [0.4, 0.5) is 0 Å². The van der Waals surface area contributed by atoms with Crippen LogP contribution in [-0.4, -0.2) is 42.9 Å². The average molecular weight is 270 g/mol. The van der Waals surface area contributed by atoms with E-state index in [1.807, 2.05) is 19.0 Å². The molecule has 1 aromatic carbocycles. The van der Waals surface area contributed by atoms with Crippen LogP contribution in [0.25, 0.3) is 0 Å². The molecule has 3 heteroatoms. The Hall–Kier alpha value is -1.79. The number of benzene rings is 1. The highest BCUT2D eigenvalue weighted by molar-refractivity contribution is 5.79. The predicted octanol–water partition coefficient (Wildman–Crippen LogP) is 2.08. The minimum atomic E-state index is 0.0725. The van der Waals surface area contributed by atoms with Crippen molar-refractivity contribution in [1.29, 1.82) is 0 Å². The Labute approximate surface area is 121 Å². The van der Waals surface area contributed by atoms with Gasteiger partial charge in [-0.25, -0.2) is 0 Å². The first-order valence-corrected chi connectivity index (χ1v) is 6.98. The maximum absolute atomic E-state index is 12.0. The smallest absolute Gasteiger partial charge is 0.223 e. The summed E-state index contributed by atoms with van der Waals surface area (Å²) in [6.07, 6.45) is 5.93. The highest BCUT2D eigenvalue weighted by atomic mass is 16.2. The maximum atomic E-state index is 12.0.